The normalized spacial score (nSPS) is 14.8. The quantitative estimate of drug-likeness (QED) is 0.417. The molecule has 0 bridgehead atoms. The SMILES string of the molecule is CC(C)N(C(=O)c1cccc(N2CCN(Cc3ccoc3)CC2)c1-c1cccc(NS(C)(=O)=O)c1)C(C)C. The summed E-state index contributed by atoms with van der Waals surface area (Å²) in [6.45, 7) is 12.3. The van der Waals surface area contributed by atoms with Crippen molar-refractivity contribution in [3.8, 4) is 11.1 Å². The zero-order valence-corrected chi connectivity index (χ0v) is 23.7. The lowest BCUT2D eigenvalue weighted by Gasteiger charge is -2.38. The van der Waals surface area contributed by atoms with Gasteiger partial charge in [0.1, 0.15) is 0 Å². The van der Waals surface area contributed by atoms with E-state index in [9.17, 15) is 13.2 Å². The van der Waals surface area contributed by atoms with Gasteiger partial charge in [-0.05, 0) is 63.6 Å². The third-order valence-corrected chi connectivity index (χ3v) is 7.38. The van der Waals surface area contributed by atoms with Crippen LogP contribution < -0.4 is 9.62 Å². The Labute approximate surface area is 226 Å². The summed E-state index contributed by atoms with van der Waals surface area (Å²) >= 11 is 0. The van der Waals surface area contributed by atoms with Crippen LogP contribution in [0.2, 0.25) is 0 Å². The fourth-order valence-electron chi connectivity index (χ4n) is 5.23. The molecule has 1 fully saturated rings. The van der Waals surface area contributed by atoms with Gasteiger partial charge in [0.2, 0.25) is 10.0 Å². The van der Waals surface area contributed by atoms with Crippen molar-refractivity contribution in [2.45, 2.75) is 46.3 Å². The van der Waals surface area contributed by atoms with Crippen LogP contribution >= 0.6 is 0 Å². The maximum Gasteiger partial charge on any atom is 0.255 e. The first-order valence-corrected chi connectivity index (χ1v) is 14.9. The Balaban J connectivity index is 1.74. The first-order valence-electron chi connectivity index (χ1n) is 13.1. The molecule has 1 aromatic heterocycles. The van der Waals surface area contributed by atoms with Crippen LogP contribution in [0.1, 0.15) is 43.6 Å². The lowest BCUT2D eigenvalue weighted by molar-refractivity contribution is 0.0644. The molecule has 2 aromatic carbocycles. The smallest absolute Gasteiger partial charge is 0.255 e. The van der Waals surface area contributed by atoms with Crippen LogP contribution in [0, 0.1) is 0 Å². The molecule has 4 rings (SSSR count). The molecule has 1 amide bonds. The molecule has 3 aromatic rings. The molecule has 2 heterocycles. The summed E-state index contributed by atoms with van der Waals surface area (Å²) in [6, 6.07) is 15.2. The second-order valence-corrected chi connectivity index (χ2v) is 12.2. The van der Waals surface area contributed by atoms with Gasteiger partial charge in [0.05, 0.1) is 18.8 Å². The number of furan rings is 1. The number of piperazine rings is 1. The molecule has 1 saturated heterocycles. The van der Waals surface area contributed by atoms with Crippen LogP contribution in [0.25, 0.3) is 11.1 Å². The van der Waals surface area contributed by atoms with E-state index >= 15 is 0 Å². The number of amides is 1. The first-order chi connectivity index (χ1) is 18.0. The van der Waals surface area contributed by atoms with E-state index < -0.39 is 10.0 Å². The van der Waals surface area contributed by atoms with Gasteiger partial charge in [0, 0.05) is 72.9 Å². The van der Waals surface area contributed by atoms with Gasteiger partial charge in [-0.1, -0.05) is 18.2 Å². The van der Waals surface area contributed by atoms with E-state index in [4.69, 9.17) is 4.42 Å². The van der Waals surface area contributed by atoms with E-state index in [0.29, 0.717) is 11.3 Å². The van der Waals surface area contributed by atoms with Crippen molar-refractivity contribution in [1.82, 2.24) is 9.80 Å². The molecule has 0 atom stereocenters. The van der Waals surface area contributed by atoms with Gasteiger partial charge in [-0.25, -0.2) is 8.42 Å². The second kappa shape index (κ2) is 11.6. The number of hydrogen-bond donors (Lipinski definition) is 1. The molecule has 0 unspecified atom stereocenters. The van der Waals surface area contributed by atoms with Crippen molar-refractivity contribution in [1.29, 1.82) is 0 Å². The minimum Gasteiger partial charge on any atom is -0.472 e. The van der Waals surface area contributed by atoms with Crippen LogP contribution in [0.4, 0.5) is 11.4 Å². The van der Waals surface area contributed by atoms with Crippen LogP contribution in [0.5, 0.6) is 0 Å². The largest absolute Gasteiger partial charge is 0.472 e. The molecule has 204 valence electrons. The standard InChI is InChI=1S/C29H38N4O4S/c1-21(2)33(22(3)4)29(34)26-10-7-11-27(28(26)24-8-6-9-25(18-24)30-38(5,35)36)32-15-13-31(14-16-32)19-23-12-17-37-20-23/h6-12,17-18,20-22,30H,13-16,19H2,1-5H3. The Morgan fingerprint density at radius 3 is 2.29 bits per heavy atom. The zero-order valence-electron chi connectivity index (χ0n) is 22.8. The Morgan fingerprint density at radius 1 is 1.00 bits per heavy atom. The molecule has 9 heteroatoms. The van der Waals surface area contributed by atoms with Crippen LogP contribution in [0.3, 0.4) is 0 Å². The average Bonchev–Trinajstić information content (AvgIpc) is 3.36. The number of nitrogens with one attached hydrogen (secondary N) is 1. The molecule has 38 heavy (non-hydrogen) atoms. The predicted octanol–water partition coefficient (Wildman–Crippen LogP) is 4.90. The summed E-state index contributed by atoms with van der Waals surface area (Å²) in [7, 11) is -3.44. The number of carbonyl (C=O) groups is 1. The van der Waals surface area contributed by atoms with Crippen molar-refractivity contribution in [3.05, 3.63) is 72.2 Å². The summed E-state index contributed by atoms with van der Waals surface area (Å²) in [5.74, 6) is -0.0353. The molecule has 1 aliphatic heterocycles. The maximum atomic E-state index is 14.0. The molecular weight excluding hydrogens is 500 g/mol. The highest BCUT2D eigenvalue weighted by Gasteiger charge is 2.28. The molecule has 8 nitrogen and oxygen atoms in total. The summed E-state index contributed by atoms with van der Waals surface area (Å²) in [4.78, 5) is 20.6. The molecule has 0 radical (unpaired) electrons. The first kappa shape index (κ1) is 27.7. The third kappa shape index (κ3) is 6.57. The van der Waals surface area contributed by atoms with Crippen LogP contribution in [-0.2, 0) is 16.6 Å². The third-order valence-electron chi connectivity index (χ3n) is 6.77. The summed E-state index contributed by atoms with van der Waals surface area (Å²) in [5, 5.41) is 0. The van der Waals surface area contributed by atoms with Gasteiger partial charge in [-0.3, -0.25) is 14.4 Å². The Morgan fingerprint density at radius 2 is 1.68 bits per heavy atom. The number of anilines is 2. The number of benzene rings is 2. The van der Waals surface area contributed by atoms with E-state index in [1.807, 2.05) is 62.9 Å². The average molecular weight is 539 g/mol. The number of nitrogens with zero attached hydrogens (tertiary/aromatic N) is 3. The van der Waals surface area contributed by atoms with E-state index in [-0.39, 0.29) is 18.0 Å². The molecule has 1 aliphatic rings. The van der Waals surface area contributed by atoms with Crippen molar-refractivity contribution in [3.63, 3.8) is 0 Å². The summed E-state index contributed by atoms with van der Waals surface area (Å²) in [6.07, 6.45) is 4.62. The molecular formula is C29H38N4O4S. The predicted molar refractivity (Wildman–Crippen MR) is 153 cm³/mol. The fraction of sp³-hybridized carbons (Fsp3) is 0.414. The fourth-order valence-corrected chi connectivity index (χ4v) is 5.78. The van der Waals surface area contributed by atoms with E-state index in [0.717, 1.165) is 61.4 Å². The monoisotopic (exact) mass is 538 g/mol. The second-order valence-electron chi connectivity index (χ2n) is 10.4. The van der Waals surface area contributed by atoms with Crippen molar-refractivity contribution < 1.29 is 17.6 Å². The topological polar surface area (TPSA) is 86.1 Å². The highest BCUT2D eigenvalue weighted by Crippen LogP contribution is 2.37. The van der Waals surface area contributed by atoms with Crippen molar-refractivity contribution in [2.75, 3.05) is 42.1 Å². The number of rotatable bonds is 9. The molecule has 0 aliphatic carbocycles. The number of hydrogen-bond acceptors (Lipinski definition) is 6. The van der Waals surface area contributed by atoms with E-state index in [1.54, 1.807) is 24.7 Å². The maximum absolute atomic E-state index is 14.0. The van der Waals surface area contributed by atoms with Crippen LogP contribution in [-0.4, -0.2) is 68.6 Å². The summed E-state index contributed by atoms with van der Waals surface area (Å²) < 4.78 is 31.7. The summed E-state index contributed by atoms with van der Waals surface area (Å²) in [5.41, 5.74) is 4.83. The highest BCUT2D eigenvalue weighted by molar-refractivity contribution is 7.92. The lowest BCUT2D eigenvalue weighted by Crippen LogP contribution is -2.46. The van der Waals surface area contributed by atoms with Crippen molar-refractivity contribution >= 4 is 27.3 Å². The van der Waals surface area contributed by atoms with E-state index in [1.165, 1.54) is 0 Å². The van der Waals surface area contributed by atoms with Gasteiger partial charge in [-0.2, -0.15) is 0 Å². The zero-order chi connectivity index (χ0) is 27.4. The molecule has 1 N–H and O–H groups in total. The van der Waals surface area contributed by atoms with Gasteiger partial charge in [-0.15, -0.1) is 0 Å². The van der Waals surface area contributed by atoms with Gasteiger partial charge in [0.25, 0.3) is 5.91 Å². The molecule has 0 spiro atoms. The van der Waals surface area contributed by atoms with E-state index in [2.05, 4.69) is 20.6 Å². The number of sulfonamides is 1. The minimum atomic E-state index is -3.44. The van der Waals surface area contributed by atoms with Crippen LogP contribution in [0.15, 0.2) is 65.5 Å². The van der Waals surface area contributed by atoms with Gasteiger partial charge >= 0.3 is 0 Å². The van der Waals surface area contributed by atoms with Gasteiger partial charge < -0.3 is 14.2 Å². The Hall–Kier alpha value is -3.30. The number of carbonyl (C=O) groups excluding carboxylic acids is 1. The highest BCUT2D eigenvalue weighted by atomic mass is 32.2. The van der Waals surface area contributed by atoms with Gasteiger partial charge in [0.15, 0.2) is 0 Å². The Bertz CT molecular complexity index is 1340. The minimum absolute atomic E-state index is 0.0312. The Kier molecular flexibility index (Phi) is 8.47. The lowest BCUT2D eigenvalue weighted by atomic mass is 9.94. The van der Waals surface area contributed by atoms with Crippen molar-refractivity contribution in [2.24, 2.45) is 0 Å². The molecule has 0 saturated carbocycles.